The number of benzene rings is 1. The van der Waals surface area contributed by atoms with Crippen molar-refractivity contribution in [2.24, 2.45) is 5.73 Å². The number of nitrogens with two attached hydrogens (primary N) is 1. The molecule has 0 aromatic heterocycles. The third kappa shape index (κ3) is 2.22. The number of hydrogen-bond acceptors (Lipinski definition) is 3. The van der Waals surface area contributed by atoms with Gasteiger partial charge in [0.05, 0.1) is 6.61 Å². The molecule has 1 aromatic rings. The molecule has 1 rings (SSSR count). The van der Waals surface area contributed by atoms with Gasteiger partial charge in [-0.2, -0.15) is 0 Å². The zero-order chi connectivity index (χ0) is 8.97. The Kier molecular flexibility index (Phi) is 3.08. The van der Waals surface area contributed by atoms with E-state index in [0.717, 1.165) is 5.75 Å². The van der Waals surface area contributed by atoms with Crippen LogP contribution in [0.15, 0.2) is 24.3 Å². The molecular formula is C9H13NO2. The molecule has 0 aliphatic rings. The summed E-state index contributed by atoms with van der Waals surface area (Å²) in [7, 11) is 0. The van der Waals surface area contributed by atoms with E-state index in [4.69, 9.17) is 15.6 Å². The molecule has 66 valence electrons. The Morgan fingerprint density at radius 1 is 1.42 bits per heavy atom. The van der Waals surface area contributed by atoms with Crippen molar-refractivity contribution in [2.75, 3.05) is 6.61 Å². The largest absolute Gasteiger partial charge is 0.494 e. The Labute approximate surface area is 71.8 Å². The SMILES string of the molecule is CCOc1ccc([C@@H](N)O)cc1. The van der Waals surface area contributed by atoms with Gasteiger partial charge in [-0.1, -0.05) is 12.1 Å². The summed E-state index contributed by atoms with van der Waals surface area (Å²) in [6.07, 6.45) is -0.902. The van der Waals surface area contributed by atoms with Crippen molar-refractivity contribution in [3.8, 4) is 5.75 Å². The molecule has 0 bridgehead atoms. The molecule has 0 aliphatic carbocycles. The molecule has 0 saturated carbocycles. The minimum atomic E-state index is -0.902. The quantitative estimate of drug-likeness (QED) is 0.661. The summed E-state index contributed by atoms with van der Waals surface area (Å²) < 4.78 is 5.22. The molecular weight excluding hydrogens is 154 g/mol. The van der Waals surface area contributed by atoms with Crippen LogP contribution in [0.25, 0.3) is 0 Å². The highest BCUT2D eigenvalue weighted by Gasteiger charge is 1.99. The molecule has 0 unspecified atom stereocenters. The van der Waals surface area contributed by atoms with Gasteiger partial charge in [0.25, 0.3) is 0 Å². The van der Waals surface area contributed by atoms with Gasteiger partial charge < -0.3 is 15.6 Å². The second-order valence-corrected chi connectivity index (χ2v) is 2.45. The van der Waals surface area contributed by atoms with Crippen LogP contribution in [-0.2, 0) is 0 Å². The summed E-state index contributed by atoms with van der Waals surface area (Å²) >= 11 is 0. The molecule has 0 saturated heterocycles. The fraction of sp³-hybridized carbons (Fsp3) is 0.333. The summed E-state index contributed by atoms with van der Waals surface area (Å²) in [6.45, 7) is 2.57. The topological polar surface area (TPSA) is 55.5 Å². The van der Waals surface area contributed by atoms with E-state index in [2.05, 4.69) is 0 Å². The Balaban J connectivity index is 2.71. The van der Waals surface area contributed by atoms with Crippen LogP contribution in [0, 0.1) is 0 Å². The highest BCUT2D eigenvalue weighted by molar-refractivity contribution is 5.27. The molecule has 0 heterocycles. The first kappa shape index (κ1) is 9.03. The van der Waals surface area contributed by atoms with Crippen molar-refractivity contribution >= 4 is 0 Å². The van der Waals surface area contributed by atoms with Gasteiger partial charge in [-0.05, 0) is 24.6 Å². The number of aliphatic hydroxyl groups excluding tert-OH is 1. The molecule has 12 heavy (non-hydrogen) atoms. The van der Waals surface area contributed by atoms with Crippen LogP contribution in [-0.4, -0.2) is 11.7 Å². The average molecular weight is 167 g/mol. The monoisotopic (exact) mass is 167 g/mol. The molecule has 0 radical (unpaired) electrons. The van der Waals surface area contributed by atoms with E-state index in [1.807, 2.05) is 6.92 Å². The number of aliphatic hydroxyl groups is 1. The molecule has 3 N–H and O–H groups in total. The van der Waals surface area contributed by atoms with Crippen molar-refractivity contribution in [3.63, 3.8) is 0 Å². The van der Waals surface area contributed by atoms with Crippen LogP contribution < -0.4 is 10.5 Å². The summed E-state index contributed by atoms with van der Waals surface area (Å²) in [5, 5.41) is 8.98. The van der Waals surface area contributed by atoms with E-state index in [-0.39, 0.29) is 0 Å². The Morgan fingerprint density at radius 3 is 2.42 bits per heavy atom. The second kappa shape index (κ2) is 4.09. The summed E-state index contributed by atoms with van der Waals surface area (Å²) in [5.41, 5.74) is 5.95. The first-order valence-electron chi connectivity index (χ1n) is 3.90. The van der Waals surface area contributed by atoms with E-state index in [1.54, 1.807) is 24.3 Å². The standard InChI is InChI=1S/C9H13NO2/c1-2-12-8-5-3-7(4-6-8)9(10)11/h3-6,9,11H,2,10H2,1H3/t9-/m0/s1. The highest BCUT2D eigenvalue weighted by atomic mass is 16.5. The van der Waals surface area contributed by atoms with Crippen molar-refractivity contribution < 1.29 is 9.84 Å². The summed E-state index contributed by atoms with van der Waals surface area (Å²) in [5.74, 6) is 0.793. The van der Waals surface area contributed by atoms with E-state index in [9.17, 15) is 0 Å². The van der Waals surface area contributed by atoms with Gasteiger partial charge in [0, 0.05) is 0 Å². The van der Waals surface area contributed by atoms with Gasteiger partial charge in [0.15, 0.2) is 0 Å². The lowest BCUT2D eigenvalue weighted by Crippen LogP contribution is -2.07. The van der Waals surface area contributed by atoms with Gasteiger partial charge in [0.1, 0.15) is 12.0 Å². The Morgan fingerprint density at radius 2 is 2.00 bits per heavy atom. The molecule has 3 nitrogen and oxygen atoms in total. The van der Waals surface area contributed by atoms with Crippen LogP contribution in [0.5, 0.6) is 5.75 Å². The zero-order valence-electron chi connectivity index (χ0n) is 7.03. The minimum absolute atomic E-state index is 0.643. The van der Waals surface area contributed by atoms with Crippen LogP contribution in [0.1, 0.15) is 18.7 Å². The smallest absolute Gasteiger partial charge is 0.128 e. The first-order valence-corrected chi connectivity index (χ1v) is 3.90. The fourth-order valence-corrected chi connectivity index (χ4v) is 0.928. The lowest BCUT2D eigenvalue weighted by atomic mass is 10.2. The molecule has 1 atom stereocenters. The van der Waals surface area contributed by atoms with Crippen molar-refractivity contribution in [1.82, 2.24) is 0 Å². The lowest BCUT2D eigenvalue weighted by molar-refractivity contribution is 0.186. The second-order valence-electron chi connectivity index (χ2n) is 2.45. The maximum absolute atomic E-state index is 8.98. The Hall–Kier alpha value is -1.06. The van der Waals surface area contributed by atoms with Crippen LogP contribution in [0.4, 0.5) is 0 Å². The number of hydrogen-bond donors (Lipinski definition) is 2. The molecule has 1 aromatic carbocycles. The third-order valence-electron chi connectivity index (χ3n) is 1.53. The highest BCUT2D eigenvalue weighted by Crippen LogP contribution is 2.14. The summed E-state index contributed by atoms with van der Waals surface area (Å²) in [4.78, 5) is 0. The van der Waals surface area contributed by atoms with E-state index >= 15 is 0 Å². The van der Waals surface area contributed by atoms with E-state index in [0.29, 0.717) is 12.2 Å². The van der Waals surface area contributed by atoms with Crippen molar-refractivity contribution in [3.05, 3.63) is 29.8 Å². The van der Waals surface area contributed by atoms with Crippen molar-refractivity contribution in [1.29, 1.82) is 0 Å². The van der Waals surface area contributed by atoms with Gasteiger partial charge in [-0.3, -0.25) is 0 Å². The van der Waals surface area contributed by atoms with E-state index in [1.165, 1.54) is 0 Å². The number of ether oxygens (including phenoxy) is 1. The molecule has 3 heteroatoms. The lowest BCUT2D eigenvalue weighted by Gasteiger charge is -2.06. The average Bonchev–Trinajstić information content (AvgIpc) is 2.06. The Bertz CT molecular complexity index is 231. The first-order chi connectivity index (χ1) is 5.74. The maximum Gasteiger partial charge on any atom is 0.128 e. The molecule has 0 fully saturated rings. The van der Waals surface area contributed by atoms with Crippen LogP contribution in [0.2, 0.25) is 0 Å². The third-order valence-corrected chi connectivity index (χ3v) is 1.53. The van der Waals surface area contributed by atoms with Crippen LogP contribution in [0.3, 0.4) is 0 Å². The van der Waals surface area contributed by atoms with Gasteiger partial charge in [0.2, 0.25) is 0 Å². The molecule has 0 spiro atoms. The molecule has 0 amide bonds. The van der Waals surface area contributed by atoms with Gasteiger partial charge in [-0.15, -0.1) is 0 Å². The van der Waals surface area contributed by atoms with Gasteiger partial charge >= 0.3 is 0 Å². The normalized spacial score (nSPS) is 12.6. The van der Waals surface area contributed by atoms with Crippen LogP contribution >= 0.6 is 0 Å². The number of rotatable bonds is 3. The predicted octanol–water partition coefficient (Wildman–Crippen LogP) is 1.03. The predicted molar refractivity (Wildman–Crippen MR) is 46.8 cm³/mol. The maximum atomic E-state index is 8.98. The molecule has 0 aliphatic heterocycles. The summed E-state index contributed by atoms with van der Waals surface area (Å²) in [6, 6.07) is 7.06. The zero-order valence-corrected chi connectivity index (χ0v) is 7.03. The van der Waals surface area contributed by atoms with Gasteiger partial charge in [-0.25, -0.2) is 0 Å². The fourth-order valence-electron chi connectivity index (χ4n) is 0.928. The van der Waals surface area contributed by atoms with E-state index < -0.39 is 6.23 Å². The minimum Gasteiger partial charge on any atom is -0.494 e. The van der Waals surface area contributed by atoms with Crippen molar-refractivity contribution in [2.45, 2.75) is 13.2 Å².